The van der Waals surface area contributed by atoms with Crippen LogP contribution in [-0.4, -0.2) is 40.9 Å². The fourth-order valence-corrected chi connectivity index (χ4v) is 3.98. The molecule has 1 aromatic carbocycles. The second-order valence-corrected chi connectivity index (χ2v) is 7.26. The Morgan fingerprint density at radius 1 is 0.962 bits per heavy atom. The smallest absolute Gasteiger partial charge is 0.307 e. The first-order chi connectivity index (χ1) is 12.6. The van der Waals surface area contributed by atoms with Crippen LogP contribution in [0, 0.1) is 11.8 Å². The van der Waals surface area contributed by atoms with Crippen LogP contribution in [0.3, 0.4) is 0 Å². The quantitative estimate of drug-likeness (QED) is 0.866. The first-order valence-electron chi connectivity index (χ1n) is 9.49. The molecule has 0 aromatic heterocycles. The predicted octanol–water partition coefficient (Wildman–Crippen LogP) is 3.14. The van der Waals surface area contributed by atoms with Crippen LogP contribution in [0.15, 0.2) is 24.3 Å². The molecule has 2 fully saturated rings. The first-order valence-corrected chi connectivity index (χ1v) is 9.49. The van der Waals surface area contributed by atoms with E-state index in [1.165, 1.54) is 0 Å². The molecule has 0 spiro atoms. The maximum Gasteiger partial charge on any atom is 0.307 e. The van der Waals surface area contributed by atoms with Gasteiger partial charge in [-0.2, -0.15) is 0 Å². The van der Waals surface area contributed by atoms with Crippen molar-refractivity contribution in [3.8, 4) is 0 Å². The Bertz CT molecular complexity index is 682. The Kier molecular flexibility index (Phi) is 5.91. The summed E-state index contributed by atoms with van der Waals surface area (Å²) in [7, 11) is 0. The molecule has 2 aliphatic rings. The van der Waals surface area contributed by atoms with Gasteiger partial charge in [-0.1, -0.05) is 18.9 Å². The molecule has 3 rings (SSSR count). The van der Waals surface area contributed by atoms with Gasteiger partial charge in [0.15, 0.2) is 0 Å². The van der Waals surface area contributed by atoms with E-state index >= 15 is 0 Å². The number of rotatable bonds is 4. The molecule has 1 aromatic rings. The van der Waals surface area contributed by atoms with Gasteiger partial charge < -0.3 is 15.3 Å². The number of likely N-dealkylation sites (tertiary alicyclic amines) is 1. The van der Waals surface area contributed by atoms with E-state index in [2.05, 4.69) is 5.32 Å². The largest absolute Gasteiger partial charge is 0.481 e. The van der Waals surface area contributed by atoms with E-state index < -0.39 is 17.8 Å². The van der Waals surface area contributed by atoms with Crippen molar-refractivity contribution < 1.29 is 19.5 Å². The molecule has 1 heterocycles. The van der Waals surface area contributed by atoms with Crippen molar-refractivity contribution in [2.45, 2.75) is 44.9 Å². The third kappa shape index (κ3) is 4.23. The second-order valence-electron chi connectivity index (χ2n) is 7.26. The van der Waals surface area contributed by atoms with Gasteiger partial charge in [0.05, 0.1) is 11.8 Å². The second kappa shape index (κ2) is 8.34. The van der Waals surface area contributed by atoms with E-state index in [0.717, 1.165) is 45.2 Å². The SMILES string of the molecule is O=C(O)[C@H]1CCCC[C@@H]1C(=O)Nc1cccc(C(=O)N2CCCCC2)c1. The standard InChI is InChI=1S/C20H26N2O4/c23-18(16-9-2-3-10-17(16)20(25)26)21-15-8-6-7-14(13-15)19(24)22-11-4-1-5-12-22/h6-8,13,16-17H,1-5,9-12H2,(H,21,23)(H,25,26)/t16-,17-/m0/s1. The minimum atomic E-state index is -0.904. The Balaban J connectivity index is 1.68. The van der Waals surface area contributed by atoms with Gasteiger partial charge in [0.1, 0.15) is 0 Å². The molecule has 1 saturated heterocycles. The van der Waals surface area contributed by atoms with Crippen molar-refractivity contribution in [2.75, 3.05) is 18.4 Å². The third-order valence-electron chi connectivity index (χ3n) is 5.44. The molecule has 26 heavy (non-hydrogen) atoms. The summed E-state index contributed by atoms with van der Waals surface area (Å²) in [6.45, 7) is 1.55. The molecule has 1 aliphatic carbocycles. The zero-order chi connectivity index (χ0) is 18.5. The summed E-state index contributed by atoms with van der Waals surface area (Å²) >= 11 is 0. The van der Waals surface area contributed by atoms with Crippen LogP contribution in [0.2, 0.25) is 0 Å². The maximum atomic E-state index is 12.6. The molecule has 6 heteroatoms. The highest BCUT2D eigenvalue weighted by atomic mass is 16.4. The number of hydrogen-bond donors (Lipinski definition) is 2. The fourth-order valence-electron chi connectivity index (χ4n) is 3.98. The molecule has 2 atom stereocenters. The van der Waals surface area contributed by atoms with Crippen molar-refractivity contribution >= 4 is 23.5 Å². The van der Waals surface area contributed by atoms with Gasteiger partial charge in [0.2, 0.25) is 5.91 Å². The number of carboxylic acid groups (broad SMARTS) is 1. The minimum Gasteiger partial charge on any atom is -0.481 e. The van der Waals surface area contributed by atoms with Gasteiger partial charge >= 0.3 is 5.97 Å². The molecule has 1 saturated carbocycles. The van der Waals surface area contributed by atoms with Gasteiger partial charge in [-0.25, -0.2) is 0 Å². The van der Waals surface area contributed by atoms with Gasteiger partial charge in [-0.15, -0.1) is 0 Å². The van der Waals surface area contributed by atoms with Crippen molar-refractivity contribution in [2.24, 2.45) is 11.8 Å². The number of anilines is 1. The van der Waals surface area contributed by atoms with E-state index in [4.69, 9.17) is 0 Å². The number of hydrogen-bond acceptors (Lipinski definition) is 3. The Hall–Kier alpha value is -2.37. The summed E-state index contributed by atoms with van der Waals surface area (Å²) in [6.07, 6.45) is 6.07. The summed E-state index contributed by atoms with van der Waals surface area (Å²) in [5.41, 5.74) is 1.11. The van der Waals surface area contributed by atoms with Crippen LogP contribution < -0.4 is 5.32 Å². The van der Waals surface area contributed by atoms with Crippen LogP contribution in [0.25, 0.3) is 0 Å². The normalized spacial score (nSPS) is 23.3. The van der Waals surface area contributed by atoms with Crippen LogP contribution in [0.5, 0.6) is 0 Å². The zero-order valence-corrected chi connectivity index (χ0v) is 14.9. The first kappa shape index (κ1) is 18.4. The summed E-state index contributed by atoms with van der Waals surface area (Å²) in [6, 6.07) is 6.94. The summed E-state index contributed by atoms with van der Waals surface area (Å²) in [5, 5.41) is 12.2. The Morgan fingerprint density at radius 3 is 2.35 bits per heavy atom. The molecule has 6 nitrogen and oxygen atoms in total. The van der Waals surface area contributed by atoms with Gasteiger partial charge in [-0.05, 0) is 50.3 Å². The minimum absolute atomic E-state index is 0.0122. The fraction of sp³-hybridized carbons (Fsp3) is 0.550. The van der Waals surface area contributed by atoms with Gasteiger partial charge in [-0.3, -0.25) is 14.4 Å². The summed E-state index contributed by atoms with van der Waals surface area (Å²) in [4.78, 5) is 38.5. The third-order valence-corrected chi connectivity index (χ3v) is 5.44. The van der Waals surface area contributed by atoms with Crippen molar-refractivity contribution in [1.82, 2.24) is 4.90 Å². The number of carboxylic acids is 1. The monoisotopic (exact) mass is 358 g/mol. The average molecular weight is 358 g/mol. The highest BCUT2D eigenvalue weighted by molar-refractivity contribution is 5.98. The van der Waals surface area contributed by atoms with Crippen molar-refractivity contribution in [3.05, 3.63) is 29.8 Å². The lowest BCUT2D eigenvalue weighted by molar-refractivity contribution is -0.147. The lowest BCUT2D eigenvalue weighted by Crippen LogP contribution is -2.36. The molecule has 0 radical (unpaired) electrons. The number of carbonyl (C=O) groups is 3. The van der Waals surface area contributed by atoms with Gasteiger partial charge in [0.25, 0.3) is 5.91 Å². The van der Waals surface area contributed by atoms with E-state index in [9.17, 15) is 19.5 Å². The number of amides is 2. The summed E-state index contributed by atoms with van der Waals surface area (Å²) < 4.78 is 0. The van der Waals surface area contributed by atoms with Crippen LogP contribution >= 0.6 is 0 Å². The molecule has 0 bridgehead atoms. The van der Waals surface area contributed by atoms with E-state index in [1.54, 1.807) is 24.3 Å². The molecule has 1 aliphatic heterocycles. The molecule has 140 valence electrons. The van der Waals surface area contributed by atoms with Crippen molar-refractivity contribution in [3.63, 3.8) is 0 Å². The summed E-state index contributed by atoms with van der Waals surface area (Å²) in [5.74, 6) is -2.31. The number of nitrogens with zero attached hydrogens (tertiary/aromatic N) is 1. The average Bonchev–Trinajstić information content (AvgIpc) is 2.68. The topological polar surface area (TPSA) is 86.7 Å². The highest BCUT2D eigenvalue weighted by Crippen LogP contribution is 2.31. The Labute approximate surface area is 153 Å². The highest BCUT2D eigenvalue weighted by Gasteiger charge is 2.35. The molecular formula is C20H26N2O4. The van der Waals surface area contributed by atoms with Crippen molar-refractivity contribution in [1.29, 1.82) is 0 Å². The number of carbonyl (C=O) groups excluding carboxylic acids is 2. The number of aliphatic carboxylic acids is 1. The Morgan fingerprint density at radius 2 is 1.65 bits per heavy atom. The lowest BCUT2D eigenvalue weighted by atomic mass is 9.78. The predicted molar refractivity (Wildman–Crippen MR) is 97.9 cm³/mol. The number of benzene rings is 1. The number of nitrogens with one attached hydrogen (secondary N) is 1. The molecule has 0 unspecified atom stereocenters. The number of piperidine rings is 1. The molecular weight excluding hydrogens is 332 g/mol. The van der Waals surface area contributed by atoms with Crippen LogP contribution in [0.1, 0.15) is 55.3 Å². The van der Waals surface area contributed by atoms with E-state index in [0.29, 0.717) is 24.1 Å². The van der Waals surface area contributed by atoms with Crippen LogP contribution in [-0.2, 0) is 9.59 Å². The lowest BCUT2D eigenvalue weighted by Gasteiger charge is -2.28. The van der Waals surface area contributed by atoms with Gasteiger partial charge in [0, 0.05) is 24.3 Å². The van der Waals surface area contributed by atoms with Crippen LogP contribution in [0.4, 0.5) is 5.69 Å². The maximum absolute atomic E-state index is 12.6. The van der Waals surface area contributed by atoms with E-state index in [-0.39, 0.29) is 11.8 Å². The zero-order valence-electron chi connectivity index (χ0n) is 14.9. The molecule has 2 N–H and O–H groups in total. The van der Waals surface area contributed by atoms with E-state index in [1.807, 2.05) is 4.90 Å². The molecule has 2 amide bonds.